The number of rotatable bonds is 7. The molecule has 1 aliphatic heterocycles. The van der Waals surface area contributed by atoms with E-state index in [1.807, 2.05) is 43.3 Å². The minimum Gasteiger partial charge on any atom is -0.452 e. The van der Waals surface area contributed by atoms with Crippen LogP contribution in [-0.2, 0) is 14.3 Å². The van der Waals surface area contributed by atoms with Crippen LogP contribution in [0.15, 0.2) is 53.4 Å². The third-order valence-electron chi connectivity index (χ3n) is 4.31. The summed E-state index contributed by atoms with van der Waals surface area (Å²) in [6.45, 7) is 2.39. The zero-order chi connectivity index (χ0) is 19.1. The van der Waals surface area contributed by atoms with Gasteiger partial charge in [-0.1, -0.05) is 30.3 Å². The Morgan fingerprint density at radius 3 is 2.74 bits per heavy atom. The molecule has 5 nitrogen and oxygen atoms in total. The van der Waals surface area contributed by atoms with E-state index in [1.165, 1.54) is 0 Å². The second-order valence-electron chi connectivity index (χ2n) is 6.38. The minimum absolute atomic E-state index is 0.235. The van der Waals surface area contributed by atoms with Gasteiger partial charge in [-0.25, -0.2) is 4.79 Å². The van der Waals surface area contributed by atoms with Gasteiger partial charge in [0.15, 0.2) is 6.61 Å². The Morgan fingerprint density at radius 2 is 1.96 bits per heavy atom. The maximum atomic E-state index is 12.4. The summed E-state index contributed by atoms with van der Waals surface area (Å²) in [6, 6.07) is 14.8. The maximum Gasteiger partial charge on any atom is 0.339 e. The molecule has 0 saturated carbocycles. The first kappa shape index (κ1) is 19.5. The van der Waals surface area contributed by atoms with Gasteiger partial charge in [-0.15, -0.1) is 11.8 Å². The molecule has 0 radical (unpaired) electrons. The number of aryl methyl sites for hydroxylation is 1. The second-order valence-corrected chi connectivity index (χ2v) is 7.44. The Bertz CT molecular complexity index is 802. The molecule has 2 aromatic carbocycles. The van der Waals surface area contributed by atoms with Crippen molar-refractivity contribution in [1.29, 1.82) is 0 Å². The van der Waals surface area contributed by atoms with Crippen LogP contribution in [0, 0.1) is 6.92 Å². The van der Waals surface area contributed by atoms with Gasteiger partial charge in [-0.2, -0.15) is 0 Å². The highest BCUT2D eigenvalue weighted by Crippen LogP contribution is 2.27. The van der Waals surface area contributed by atoms with Gasteiger partial charge in [0.2, 0.25) is 0 Å². The first-order valence-corrected chi connectivity index (χ1v) is 9.98. The van der Waals surface area contributed by atoms with E-state index >= 15 is 0 Å². The lowest BCUT2D eigenvalue weighted by Crippen LogP contribution is -2.21. The van der Waals surface area contributed by atoms with Crippen LogP contribution in [-0.4, -0.2) is 36.9 Å². The molecule has 1 fully saturated rings. The van der Waals surface area contributed by atoms with Gasteiger partial charge in [0.1, 0.15) is 0 Å². The summed E-state index contributed by atoms with van der Waals surface area (Å²) < 4.78 is 10.8. The fourth-order valence-corrected chi connectivity index (χ4v) is 3.94. The Morgan fingerprint density at radius 1 is 1.19 bits per heavy atom. The Kier molecular flexibility index (Phi) is 6.90. The average molecular weight is 385 g/mol. The molecular formula is C21H23NO4S. The lowest BCUT2D eigenvalue weighted by Gasteiger charge is -2.12. The number of para-hydroxylation sites is 1. The van der Waals surface area contributed by atoms with Crippen LogP contribution in [0.1, 0.15) is 28.8 Å². The van der Waals surface area contributed by atoms with Crippen LogP contribution in [0.5, 0.6) is 0 Å². The predicted octanol–water partition coefficient (Wildman–Crippen LogP) is 4.06. The highest BCUT2D eigenvalue weighted by atomic mass is 32.2. The lowest BCUT2D eigenvalue weighted by atomic mass is 10.2. The lowest BCUT2D eigenvalue weighted by molar-refractivity contribution is -0.119. The number of amides is 1. The topological polar surface area (TPSA) is 64.6 Å². The summed E-state index contributed by atoms with van der Waals surface area (Å²) in [4.78, 5) is 25.4. The zero-order valence-electron chi connectivity index (χ0n) is 15.3. The van der Waals surface area contributed by atoms with Crippen molar-refractivity contribution < 1.29 is 19.1 Å². The molecule has 2 aromatic rings. The molecule has 0 unspecified atom stereocenters. The van der Waals surface area contributed by atoms with Crippen molar-refractivity contribution >= 4 is 29.3 Å². The van der Waals surface area contributed by atoms with Crippen molar-refractivity contribution in [3.8, 4) is 0 Å². The van der Waals surface area contributed by atoms with Crippen LogP contribution in [0.3, 0.4) is 0 Å². The molecule has 1 N–H and O–H groups in total. The fourth-order valence-electron chi connectivity index (χ4n) is 2.83. The van der Waals surface area contributed by atoms with Crippen molar-refractivity contribution in [1.82, 2.24) is 0 Å². The third-order valence-corrected chi connectivity index (χ3v) is 5.51. The molecule has 0 aromatic heterocycles. The number of anilines is 1. The second kappa shape index (κ2) is 9.58. The summed E-state index contributed by atoms with van der Waals surface area (Å²) in [6.07, 6.45) is 2.38. The van der Waals surface area contributed by atoms with E-state index in [-0.39, 0.29) is 18.6 Å². The molecule has 27 heavy (non-hydrogen) atoms. The third kappa shape index (κ3) is 5.58. The number of hydrogen-bond acceptors (Lipinski definition) is 5. The van der Waals surface area contributed by atoms with E-state index in [9.17, 15) is 9.59 Å². The van der Waals surface area contributed by atoms with Crippen molar-refractivity contribution in [3.05, 3.63) is 59.7 Å². The predicted molar refractivity (Wildman–Crippen MR) is 106 cm³/mol. The summed E-state index contributed by atoms with van der Waals surface area (Å²) in [5.41, 5.74) is 2.14. The van der Waals surface area contributed by atoms with E-state index in [1.54, 1.807) is 23.9 Å². The number of hydrogen-bond donors (Lipinski definition) is 1. The summed E-state index contributed by atoms with van der Waals surface area (Å²) in [5.74, 6) is -0.0505. The summed E-state index contributed by atoms with van der Waals surface area (Å²) >= 11 is 1.59. The molecule has 0 spiro atoms. The van der Waals surface area contributed by atoms with Gasteiger partial charge in [-0.05, 0) is 43.5 Å². The van der Waals surface area contributed by atoms with Gasteiger partial charge in [-0.3, -0.25) is 4.79 Å². The normalized spacial score (nSPS) is 16.1. The first-order chi connectivity index (χ1) is 13.1. The molecule has 3 rings (SSSR count). The van der Waals surface area contributed by atoms with Crippen molar-refractivity contribution in [2.24, 2.45) is 0 Å². The Balaban J connectivity index is 1.54. The quantitative estimate of drug-likeness (QED) is 0.575. The number of benzene rings is 2. The maximum absolute atomic E-state index is 12.4. The molecule has 1 amide bonds. The van der Waals surface area contributed by atoms with Crippen molar-refractivity contribution in [3.63, 3.8) is 0 Å². The van der Waals surface area contributed by atoms with Crippen LogP contribution in [0.25, 0.3) is 0 Å². The fraction of sp³-hybridized carbons (Fsp3) is 0.333. The largest absolute Gasteiger partial charge is 0.452 e. The van der Waals surface area contributed by atoms with Crippen LogP contribution >= 0.6 is 11.8 Å². The molecule has 6 heteroatoms. The highest BCUT2D eigenvalue weighted by Gasteiger charge is 2.19. The van der Waals surface area contributed by atoms with Gasteiger partial charge in [0.25, 0.3) is 5.91 Å². The van der Waals surface area contributed by atoms with E-state index < -0.39 is 5.97 Å². The summed E-state index contributed by atoms with van der Waals surface area (Å²) in [5, 5.41) is 2.76. The first-order valence-electron chi connectivity index (χ1n) is 8.99. The smallest absolute Gasteiger partial charge is 0.339 e. The zero-order valence-corrected chi connectivity index (χ0v) is 16.1. The highest BCUT2D eigenvalue weighted by molar-refractivity contribution is 7.99. The standard InChI is InChI=1S/C21H23NO4S/c1-15-7-2-4-10-18(15)22-20(23)13-26-21(24)17-9-3-5-11-19(17)27-14-16-8-6-12-25-16/h2-5,7,9-11,16H,6,8,12-14H2,1H3,(H,22,23)/t16-/m1/s1. The van der Waals surface area contributed by atoms with Gasteiger partial charge < -0.3 is 14.8 Å². The van der Waals surface area contributed by atoms with Gasteiger partial charge in [0, 0.05) is 22.9 Å². The average Bonchev–Trinajstić information content (AvgIpc) is 3.20. The molecule has 1 saturated heterocycles. The number of thioether (sulfide) groups is 1. The van der Waals surface area contributed by atoms with Crippen molar-refractivity contribution in [2.45, 2.75) is 30.8 Å². The van der Waals surface area contributed by atoms with Crippen LogP contribution < -0.4 is 5.32 Å². The van der Waals surface area contributed by atoms with E-state index in [2.05, 4.69) is 5.32 Å². The number of carbonyl (C=O) groups is 2. The van der Waals surface area contributed by atoms with Crippen LogP contribution in [0.2, 0.25) is 0 Å². The number of nitrogens with one attached hydrogen (secondary N) is 1. The van der Waals surface area contributed by atoms with E-state index in [4.69, 9.17) is 9.47 Å². The van der Waals surface area contributed by atoms with E-state index in [0.717, 1.165) is 35.7 Å². The summed E-state index contributed by atoms with van der Waals surface area (Å²) in [7, 11) is 0. The SMILES string of the molecule is Cc1ccccc1NC(=O)COC(=O)c1ccccc1SC[C@H]1CCCO1. The van der Waals surface area contributed by atoms with Crippen LogP contribution in [0.4, 0.5) is 5.69 Å². The minimum atomic E-state index is -0.495. The Hall–Kier alpha value is -2.31. The molecule has 1 atom stereocenters. The molecule has 142 valence electrons. The molecule has 1 aliphatic rings. The number of ether oxygens (including phenoxy) is 2. The molecule has 0 bridgehead atoms. The van der Waals surface area contributed by atoms with Crippen molar-refractivity contribution in [2.75, 3.05) is 24.3 Å². The molecular weight excluding hydrogens is 362 g/mol. The monoisotopic (exact) mass is 385 g/mol. The number of carbonyl (C=O) groups excluding carboxylic acids is 2. The number of esters is 1. The molecule has 1 heterocycles. The van der Waals surface area contributed by atoms with E-state index in [0.29, 0.717) is 11.3 Å². The molecule has 0 aliphatic carbocycles. The van der Waals surface area contributed by atoms with Gasteiger partial charge >= 0.3 is 5.97 Å². The Labute approximate surface area is 163 Å². The van der Waals surface area contributed by atoms with Gasteiger partial charge in [0.05, 0.1) is 11.7 Å².